The van der Waals surface area contributed by atoms with Crippen molar-refractivity contribution in [3.8, 4) is 11.3 Å². The molecule has 0 fully saturated rings. The van der Waals surface area contributed by atoms with Gasteiger partial charge in [-0.25, -0.2) is 22.5 Å². The van der Waals surface area contributed by atoms with Crippen molar-refractivity contribution in [2.24, 2.45) is 7.05 Å². The number of carbonyl (C=O) groups is 1. The molecule has 1 aromatic carbocycles. The van der Waals surface area contributed by atoms with E-state index in [4.69, 9.17) is 0 Å². The minimum atomic E-state index is -1.53. The molecule has 1 amide bonds. The molecule has 5 rings (SSSR count). The summed E-state index contributed by atoms with van der Waals surface area (Å²) in [6.45, 7) is 3.80. The van der Waals surface area contributed by atoms with E-state index in [2.05, 4.69) is 10.1 Å². The fraction of sp³-hybridized carbons (Fsp3) is 0.261. The van der Waals surface area contributed by atoms with Crippen LogP contribution in [-0.2, 0) is 13.5 Å². The van der Waals surface area contributed by atoms with Crippen molar-refractivity contribution in [3.63, 3.8) is 0 Å². The molecule has 0 aliphatic carbocycles. The monoisotopic (exact) mass is 457 g/mol. The molecule has 0 radical (unpaired) electrons. The first kappa shape index (κ1) is 21.2. The Bertz CT molecular complexity index is 1420. The number of aryl methyl sites for hydroxylation is 2. The van der Waals surface area contributed by atoms with Crippen molar-refractivity contribution < 1.29 is 22.4 Å². The van der Waals surface area contributed by atoms with Crippen molar-refractivity contribution in [2.45, 2.75) is 26.3 Å². The Morgan fingerprint density at radius 1 is 1.12 bits per heavy atom. The van der Waals surface area contributed by atoms with Crippen LogP contribution in [0.5, 0.6) is 0 Å². The van der Waals surface area contributed by atoms with Gasteiger partial charge < -0.3 is 4.90 Å². The van der Waals surface area contributed by atoms with E-state index in [0.717, 1.165) is 17.7 Å². The number of halogens is 4. The van der Waals surface area contributed by atoms with E-state index in [-0.39, 0.29) is 17.2 Å². The maximum atomic E-state index is 13.9. The highest BCUT2D eigenvalue weighted by molar-refractivity contribution is 5.95. The number of amides is 1. The summed E-state index contributed by atoms with van der Waals surface area (Å²) >= 11 is 0. The smallest absolute Gasteiger partial charge is 0.273 e. The van der Waals surface area contributed by atoms with Crippen LogP contribution in [0, 0.1) is 30.2 Å². The molecule has 0 spiro atoms. The van der Waals surface area contributed by atoms with Crippen LogP contribution < -0.4 is 0 Å². The molecule has 4 heterocycles. The summed E-state index contributed by atoms with van der Waals surface area (Å²) in [5, 5.41) is 4.50. The minimum absolute atomic E-state index is 0.169. The number of aromatic nitrogens is 4. The van der Waals surface area contributed by atoms with Crippen molar-refractivity contribution >= 4 is 11.6 Å². The second kappa shape index (κ2) is 7.43. The second-order valence-electron chi connectivity index (χ2n) is 8.14. The molecule has 0 N–H and O–H groups in total. The number of hydrogen-bond acceptors (Lipinski definition) is 3. The minimum Gasteiger partial charge on any atom is -0.329 e. The van der Waals surface area contributed by atoms with Crippen molar-refractivity contribution in [3.05, 3.63) is 76.4 Å². The van der Waals surface area contributed by atoms with Gasteiger partial charge in [0.1, 0.15) is 17.2 Å². The highest BCUT2D eigenvalue weighted by atomic mass is 19.2. The summed E-state index contributed by atoms with van der Waals surface area (Å²) < 4.78 is 57.9. The number of fused-ring (bicyclic) bond motifs is 2. The Morgan fingerprint density at radius 2 is 1.82 bits per heavy atom. The van der Waals surface area contributed by atoms with E-state index >= 15 is 0 Å². The normalized spacial score (nSPS) is 15.8. The van der Waals surface area contributed by atoms with Gasteiger partial charge in [-0.3, -0.25) is 13.9 Å². The molecule has 4 aromatic rings. The average Bonchev–Trinajstić information content (AvgIpc) is 3.27. The molecule has 3 aromatic heterocycles. The Kier molecular flexibility index (Phi) is 4.77. The van der Waals surface area contributed by atoms with Gasteiger partial charge in [-0.1, -0.05) is 0 Å². The number of benzene rings is 1. The van der Waals surface area contributed by atoms with Crippen molar-refractivity contribution in [2.75, 3.05) is 6.54 Å². The zero-order chi connectivity index (χ0) is 23.6. The lowest BCUT2D eigenvalue weighted by atomic mass is 9.95. The molecule has 0 saturated heterocycles. The Morgan fingerprint density at radius 3 is 2.52 bits per heavy atom. The number of carbonyl (C=O) groups excluding carboxylic acids is 1. The van der Waals surface area contributed by atoms with E-state index in [1.54, 1.807) is 25.8 Å². The zero-order valence-electron chi connectivity index (χ0n) is 18.0. The summed E-state index contributed by atoms with van der Waals surface area (Å²) in [4.78, 5) is 19.4. The zero-order valence-corrected chi connectivity index (χ0v) is 18.0. The Balaban J connectivity index is 1.55. The number of pyridine rings is 1. The van der Waals surface area contributed by atoms with Crippen LogP contribution in [0.25, 0.3) is 16.9 Å². The molecule has 10 heteroatoms. The summed E-state index contributed by atoms with van der Waals surface area (Å²) in [6.07, 6.45) is 1.60. The summed E-state index contributed by atoms with van der Waals surface area (Å²) in [5.41, 5.74) is 3.15. The lowest BCUT2D eigenvalue weighted by Gasteiger charge is -2.33. The van der Waals surface area contributed by atoms with Gasteiger partial charge in [0.25, 0.3) is 5.91 Å². The van der Waals surface area contributed by atoms with Gasteiger partial charge in [0, 0.05) is 30.9 Å². The van der Waals surface area contributed by atoms with Gasteiger partial charge in [-0.2, -0.15) is 5.10 Å². The molecule has 0 bridgehead atoms. The Labute approximate surface area is 186 Å². The van der Waals surface area contributed by atoms with Crippen molar-refractivity contribution in [1.29, 1.82) is 0 Å². The standard InChI is InChI=1S/C23H19F4N5O/c1-11-21(32-10-14(24)4-5-18(32)28-11)23(33)31-7-6-15-20(12(31)2)29-30(3)22(15)13-8-16(25)19(27)17(26)9-13/h4-5,8-10,12H,6-7H2,1-3H3/t12-/m0/s1. The average molecular weight is 457 g/mol. The first-order valence-corrected chi connectivity index (χ1v) is 10.3. The Hall–Kier alpha value is -3.69. The van der Waals surface area contributed by atoms with Gasteiger partial charge >= 0.3 is 0 Å². The molecule has 33 heavy (non-hydrogen) atoms. The molecule has 0 saturated carbocycles. The van der Waals surface area contributed by atoms with Gasteiger partial charge in [-0.05, 0) is 44.5 Å². The number of rotatable bonds is 2. The SMILES string of the molecule is Cc1nc2ccc(F)cn2c1C(=O)N1CCc2c(nn(C)c2-c2cc(F)c(F)c(F)c2)[C@@H]1C. The fourth-order valence-electron chi connectivity index (χ4n) is 4.61. The molecule has 6 nitrogen and oxygen atoms in total. The quantitative estimate of drug-likeness (QED) is 0.332. The van der Waals surface area contributed by atoms with E-state index in [0.29, 0.717) is 35.7 Å². The topological polar surface area (TPSA) is 55.4 Å². The highest BCUT2D eigenvalue weighted by Gasteiger charge is 2.35. The van der Waals surface area contributed by atoms with Gasteiger partial charge in [-0.15, -0.1) is 0 Å². The molecular formula is C23H19F4N5O. The van der Waals surface area contributed by atoms with E-state index < -0.39 is 29.3 Å². The number of nitrogens with zero attached hydrogens (tertiary/aromatic N) is 5. The third kappa shape index (κ3) is 3.20. The van der Waals surface area contributed by atoms with Crippen molar-refractivity contribution in [1.82, 2.24) is 24.1 Å². The molecule has 1 aliphatic heterocycles. The summed E-state index contributed by atoms with van der Waals surface area (Å²) in [7, 11) is 1.63. The van der Waals surface area contributed by atoms with Crippen LogP contribution in [0.15, 0.2) is 30.5 Å². The first-order valence-electron chi connectivity index (χ1n) is 10.3. The fourth-order valence-corrected chi connectivity index (χ4v) is 4.61. The third-order valence-electron chi connectivity index (χ3n) is 6.12. The van der Waals surface area contributed by atoms with Gasteiger partial charge in [0.2, 0.25) is 0 Å². The maximum absolute atomic E-state index is 13.9. The predicted molar refractivity (Wildman–Crippen MR) is 112 cm³/mol. The molecule has 1 aliphatic rings. The third-order valence-corrected chi connectivity index (χ3v) is 6.12. The van der Waals surface area contributed by atoms with E-state index in [1.807, 2.05) is 0 Å². The van der Waals surface area contributed by atoms with Crippen LogP contribution in [0.4, 0.5) is 17.6 Å². The van der Waals surface area contributed by atoms with E-state index in [1.165, 1.54) is 27.4 Å². The summed E-state index contributed by atoms with van der Waals surface area (Å²) in [6, 6.07) is 4.20. The lowest BCUT2D eigenvalue weighted by molar-refractivity contribution is 0.0665. The van der Waals surface area contributed by atoms with Gasteiger partial charge in [0.05, 0.1) is 23.1 Å². The maximum Gasteiger partial charge on any atom is 0.273 e. The molecular weight excluding hydrogens is 438 g/mol. The molecule has 0 unspecified atom stereocenters. The van der Waals surface area contributed by atoms with Crippen LogP contribution in [0.2, 0.25) is 0 Å². The van der Waals surface area contributed by atoms with E-state index in [9.17, 15) is 22.4 Å². The first-order chi connectivity index (χ1) is 15.7. The van der Waals surface area contributed by atoms with Gasteiger partial charge in [0.15, 0.2) is 17.5 Å². The highest BCUT2D eigenvalue weighted by Crippen LogP contribution is 2.37. The molecule has 1 atom stereocenters. The van der Waals surface area contributed by atoms with Crippen LogP contribution in [0.1, 0.15) is 40.4 Å². The number of imidazole rings is 1. The van der Waals surface area contributed by atoms with Crippen LogP contribution >= 0.6 is 0 Å². The number of hydrogen-bond donors (Lipinski definition) is 0. The predicted octanol–water partition coefficient (Wildman–Crippen LogP) is 4.36. The molecule has 170 valence electrons. The second-order valence-corrected chi connectivity index (χ2v) is 8.14. The lowest BCUT2D eigenvalue weighted by Crippen LogP contribution is -2.39. The van der Waals surface area contributed by atoms with Crippen LogP contribution in [-0.4, -0.2) is 36.5 Å². The largest absolute Gasteiger partial charge is 0.329 e. The van der Waals surface area contributed by atoms with Crippen LogP contribution in [0.3, 0.4) is 0 Å². The summed E-state index contributed by atoms with van der Waals surface area (Å²) in [5.74, 6) is -4.91.